The van der Waals surface area contributed by atoms with Gasteiger partial charge in [0, 0.05) is 20.1 Å². The summed E-state index contributed by atoms with van der Waals surface area (Å²) in [6.45, 7) is 0.320. The Morgan fingerprint density at radius 3 is 2.60 bits per heavy atom. The van der Waals surface area contributed by atoms with Crippen molar-refractivity contribution >= 4 is 12.0 Å². The van der Waals surface area contributed by atoms with E-state index in [0.717, 1.165) is 0 Å². The molecular weight excluding hydrogens is 258 g/mol. The van der Waals surface area contributed by atoms with Crippen LogP contribution < -0.4 is 5.32 Å². The number of benzene rings is 1. The fourth-order valence-electron chi connectivity index (χ4n) is 1.68. The Balaban J connectivity index is 2.59. The smallest absolute Gasteiger partial charge is 0.317 e. The summed E-state index contributed by atoms with van der Waals surface area (Å²) < 4.78 is 0. The van der Waals surface area contributed by atoms with Crippen LogP contribution in [0.15, 0.2) is 30.3 Å². The van der Waals surface area contributed by atoms with Crippen molar-refractivity contribution in [2.75, 3.05) is 20.1 Å². The van der Waals surface area contributed by atoms with E-state index in [2.05, 4.69) is 5.32 Å². The second kappa shape index (κ2) is 7.79. The summed E-state index contributed by atoms with van der Waals surface area (Å²) in [6, 6.07) is 10.3. The second-order valence-electron chi connectivity index (χ2n) is 4.32. The number of aliphatic carboxylic acids is 1. The number of carboxylic acid groups (broad SMARTS) is 1. The summed E-state index contributed by atoms with van der Waals surface area (Å²) in [6.07, 6.45) is 0.241. The van der Waals surface area contributed by atoms with Gasteiger partial charge in [0.2, 0.25) is 0 Å². The van der Waals surface area contributed by atoms with Crippen molar-refractivity contribution in [3.05, 3.63) is 35.9 Å². The van der Waals surface area contributed by atoms with Gasteiger partial charge >= 0.3 is 12.0 Å². The molecule has 0 heterocycles. The van der Waals surface area contributed by atoms with Crippen LogP contribution in [0.2, 0.25) is 0 Å². The Bertz CT molecular complexity index is 496. The Hall–Kier alpha value is -2.55. The summed E-state index contributed by atoms with van der Waals surface area (Å²) in [5, 5.41) is 20.2. The molecule has 6 nitrogen and oxygen atoms in total. The van der Waals surface area contributed by atoms with Crippen molar-refractivity contribution in [3.8, 4) is 6.07 Å². The van der Waals surface area contributed by atoms with Crippen LogP contribution in [0.5, 0.6) is 0 Å². The highest BCUT2D eigenvalue weighted by Crippen LogP contribution is 2.14. The third-order valence-electron chi connectivity index (χ3n) is 2.86. The minimum absolute atomic E-state index is 0.00900. The maximum Gasteiger partial charge on any atom is 0.317 e. The van der Waals surface area contributed by atoms with E-state index in [9.17, 15) is 14.7 Å². The van der Waals surface area contributed by atoms with Gasteiger partial charge < -0.3 is 15.3 Å². The molecule has 0 aliphatic heterocycles. The summed E-state index contributed by atoms with van der Waals surface area (Å²) in [5.41, 5.74) is 0.639. The summed E-state index contributed by atoms with van der Waals surface area (Å²) >= 11 is 0. The first kappa shape index (κ1) is 15.5. The first-order valence-electron chi connectivity index (χ1n) is 6.20. The third-order valence-corrected chi connectivity index (χ3v) is 2.86. The lowest BCUT2D eigenvalue weighted by Gasteiger charge is -2.19. The van der Waals surface area contributed by atoms with Gasteiger partial charge in [-0.05, 0) is 5.56 Å². The molecule has 0 fully saturated rings. The first-order valence-corrected chi connectivity index (χ1v) is 6.20. The zero-order chi connectivity index (χ0) is 15.0. The first-order chi connectivity index (χ1) is 9.56. The lowest BCUT2D eigenvalue weighted by atomic mass is 9.99. The molecule has 0 radical (unpaired) electrons. The predicted molar refractivity (Wildman–Crippen MR) is 73.1 cm³/mol. The van der Waals surface area contributed by atoms with E-state index in [1.807, 2.05) is 6.07 Å². The molecule has 1 aromatic carbocycles. The average molecular weight is 275 g/mol. The number of hydrogen-bond acceptors (Lipinski definition) is 3. The zero-order valence-corrected chi connectivity index (χ0v) is 11.2. The van der Waals surface area contributed by atoms with E-state index in [-0.39, 0.29) is 19.0 Å². The fraction of sp³-hybridized carbons (Fsp3) is 0.357. The van der Waals surface area contributed by atoms with E-state index in [1.165, 1.54) is 4.90 Å². The molecule has 0 aliphatic rings. The van der Waals surface area contributed by atoms with Crippen molar-refractivity contribution in [2.45, 2.75) is 12.3 Å². The van der Waals surface area contributed by atoms with Crippen LogP contribution in [-0.4, -0.2) is 42.1 Å². The van der Waals surface area contributed by atoms with Gasteiger partial charge in [-0.2, -0.15) is 5.26 Å². The van der Waals surface area contributed by atoms with Gasteiger partial charge in [0.1, 0.15) is 0 Å². The standard InChI is InChI=1S/C14H17N3O3/c1-17(9-5-8-15)14(20)16-10-12(13(18)19)11-6-3-2-4-7-11/h2-4,6-7,12H,5,9-10H2,1H3,(H,16,20)(H,18,19). The molecule has 106 valence electrons. The molecule has 6 heteroatoms. The van der Waals surface area contributed by atoms with Crippen molar-refractivity contribution in [1.29, 1.82) is 5.26 Å². The Morgan fingerprint density at radius 2 is 2.05 bits per heavy atom. The molecule has 0 saturated heterocycles. The van der Waals surface area contributed by atoms with Gasteiger partial charge in [-0.1, -0.05) is 30.3 Å². The highest BCUT2D eigenvalue weighted by Gasteiger charge is 2.21. The lowest BCUT2D eigenvalue weighted by Crippen LogP contribution is -2.40. The Labute approximate surface area is 117 Å². The number of carbonyl (C=O) groups excluding carboxylic acids is 1. The second-order valence-corrected chi connectivity index (χ2v) is 4.32. The number of nitrogens with zero attached hydrogens (tertiary/aromatic N) is 2. The van der Waals surface area contributed by atoms with Gasteiger partial charge in [0.05, 0.1) is 18.4 Å². The Morgan fingerprint density at radius 1 is 1.40 bits per heavy atom. The molecule has 1 aromatic rings. The molecule has 2 amide bonds. The van der Waals surface area contributed by atoms with Gasteiger partial charge in [-0.25, -0.2) is 4.79 Å². The molecule has 20 heavy (non-hydrogen) atoms. The minimum Gasteiger partial charge on any atom is -0.481 e. The maximum atomic E-state index is 11.7. The molecule has 0 bridgehead atoms. The Kier molecular flexibility index (Phi) is 6.04. The predicted octanol–water partition coefficient (Wildman–Crippen LogP) is 1.41. The van der Waals surface area contributed by atoms with Crippen LogP contribution in [0.1, 0.15) is 17.9 Å². The van der Waals surface area contributed by atoms with E-state index in [0.29, 0.717) is 12.1 Å². The molecule has 0 saturated carbocycles. The molecule has 1 rings (SSSR count). The number of amides is 2. The number of hydrogen-bond donors (Lipinski definition) is 2. The van der Waals surface area contributed by atoms with Gasteiger partial charge in [-0.15, -0.1) is 0 Å². The molecule has 2 N–H and O–H groups in total. The quantitative estimate of drug-likeness (QED) is 0.820. The molecule has 0 aromatic heterocycles. The van der Waals surface area contributed by atoms with Gasteiger partial charge in [0.25, 0.3) is 0 Å². The number of rotatable bonds is 6. The normalized spacial score (nSPS) is 11.2. The number of carboxylic acids is 1. The monoisotopic (exact) mass is 275 g/mol. The van der Waals surface area contributed by atoms with Crippen LogP contribution >= 0.6 is 0 Å². The number of carbonyl (C=O) groups is 2. The van der Waals surface area contributed by atoms with Crippen LogP contribution in [-0.2, 0) is 4.79 Å². The van der Waals surface area contributed by atoms with Crippen molar-refractivity contribution in [3.63, 3.8) is 0 Å². The van der Waals surface area contributed by atoms with E-state index in [1.54, 1.807) is 37.4 Å². The summed E-state index contributed by atoms with van der Waals surface area (Å²) in [4.78, 5) is 24.3. The van der Waals surface area contributed by atoms with E-state index in [4.69, 9.17) is 5.26 Å². The lowest BCUT2D eigenvalue weighted by molar-refractivity contribution is -0.138. The maximum absolute atomic E-state index is 11.7. The largest absolute Gasteiger partial charge is 0.481 e. The molecule has 1 atom stereocenters. The number of nitriles is 1. The molecule has 0 spiro atoms. The molecular formula is C14H17N3O3. The van der Waals surface area contributed by atoms with Crippen molar-refractivity contribution in [2.24, 2.45) is 0 Å². The van der Waals surface area contributed by atoms with E-state index >= 15 is 0 Å². The van der Waals surface area contributed by atoms with Crippen LogP contribution in [0.4, 0.5) is 4.79 Å². The van der Waals surface area contributed by atoms with E-state index < -0.39 is 11.9 Å². The summed E-state index contributed by atoms with van der Waals surface area (Å²) in [7, 11) is 1.56. The van der Waals surface area contributed by atoms with Crippen molar-refractivity contribution in [1.82, 2.24) is 10.2 Å². The van der Waals surface area contributed by atoms with Gasteiger partial charge in [0.15, 0.2) is 0 Å². The van der Waals surface area contributed by atoms with Crippen LogP contribution in [0, 0.1) is 11.3 Å². The SMILES string of the molecule is CN(CCC#N)C(=O)NCC(C(=O)O)c1ccccc1. The van der Waals surface area contributed by atoms with Crippen LogP contribution in [0.3, 0.4) is 0 Å². The molecule has 0 aliphatic carbocycles. The van der Waals surface area contributed by atoms with Crippen LogP contribution in [0.25, 0.3) is 0 Å². The van der Waals surface area contributed by atoms with Crippen molar-refractivity contribution < 1.29 is 14.7 Å². The highest BCUT2D eigenvalue weighted by atomic mass is 16.4. The highest BCUT2D eigenvalue weighted by molar-refractivity contribution is 5.79. The number of urea groups is 1. The number of nitrogens with one attached hydrogen (secondary N) is 1. The fourth-order valence-corrected chi connectivity index (χ4v) is 1.68. The molecule has 1 unspecified atom stereocenters. The zero-order valence-electron chi connectivity index (χ0n) is 11.2. The summed E-state index contributed by atoms with van der Waals surface area (Å²) in [5.74, 6) is -1.78. The van der Waals surface area contributed by atoms with Gasteiger partial charge in [-0.3, -0.25) is 4.79 Å². The minimum atomic E-state index is -0.990. The topological polar surface area (TPSA) is 93.4 Å². The average Bonchev–Trinajstić information content (AvgIpc) is 2.45. The third kappa shape index (κ3) is 4.61.